The van der Waals surface area contributed by atoms with E-state index in [1.54, 1.807) is 43.3 Å². The lowest BCUT2D eigenvalue weighted by atomic mass is 10.1. The molecule has 2 rings (SSSR count). The first-order valence-electron chi connectivity index (χ1n) is 5.92. The molecule has 0 aliphatic carbocycles. The molecule has 2 aromatic carbocycles. The van der Waals surface area contributed by atoms with Gasteiger partial charge in [0.15, 0.2) is 0 Å². The van der Waals surface area contributed by atoms with Crippen molar-refractivity contribution in [3.05, 3.63) is 66.0 Å². The summed E-state index contributed by atoms with van der Waals surface area (Å²) in [6, 6.07) is 14.3. The molecule has 0 fully saturated rings. The van der Waals surface area contributed by atoms with Crippen molar-refractivity contribution in [2.24, 2.45) is 0 Å². The average Bonchev–Trinajstić information content (AvgIpc) is 2.40. The number of anilines is 1. The minimum absolute atomic E-state index is 0.336. The summed E-state index contributed by atoms with van der Waals surface area (Å²) in [7, 11) is 0. The summed E-state index contributed by atoms with van der Waals surface area (Å²) in [5.41, 5.74) is 1.33. The molecule has 0 bridgehead atoms. The minimum atomic E-state index is -1.04. The Kier molecular flexibility index (Phi) is 3.80. The van der Waals surface area contributed by atoms with Crippen LogP contribution in [-0.4, -0.2) is 11.2 Å². The van der Waals surface area contributed by atoms with E-state index >= 15 is 0 Å². The number of hydrogen-bond donors (Lipinski definition) is 1. The van der Waals surface area contributed by atoms with Crippen molar-refractivity contribution < 1.29 is 14.3 Å². The number of halogens is 1. The molecule has 3 nitrogen and oxygen atoms in total. The largest absolute Gasteiger partial charge is 0.465 e. The van der Waals surface area contributed by atoms with Crippen LogP contribution >= 0.6 is 0 Å². The molecule has 0 saturated heterocycles. The monoisotopic (exact) mass is 259 g/mol. The molecule has 98 valence electrons. The molecule has 1 atom stereocenters. The van der Waals surface area contributed by atoms with E-state index in [2.05, 4.69) is 0 Å². The van der Waals surface area contributed by atoms with Gasteiger partial charge in [0.1, 0.15) is 5.82 Å². The molecule has 0 saturated carbocycles. The number of benzene rings is 2. The lowest BCUT2D eigenvalue weighted by molar-refractivity contribution is 0.199. The van der Waals surface area contributed by atoms with Crippen LogP contribution < -0.4 is 4.90 Å². The number of hydrogen-bond acceptors (Lipinski definition) is 1. The van der Waals surface area contributed by atoms with E-state index in [9.17, 15) is 14.3 Å². The van der Waals surface area contributed by atoms with Crippen molar-refractivity contribution in [3.63, 3.8) is 0 Å². The Labute approximate surface area is 110 Å². The smallest absolute Gasteiger partial charge is 0.412 e. The molecule has 1 amide bonds. The van der Waals surface area contributed by atoms with Crippen LogP contribution in [0.1, 0.15) is 18.5 Å². The van der Waals surface area contributed by atoms with Gasteiger partial charge in [0.2, 0.25) is 0 Å². The van der Waals surface area contributed by atoms with Gasteiger partial charge in [0.25, 0.3) is 0 Å². The molecular formula is C15H14FNO2. The van der Waals surface area contributed by atoms with Gasteiger partial charge in [0, 0.05) is 5.69 Å². The Hall–Kier alpha value is -2.36. The number of amides is 1. The van der Waals surface area contributed by atoms with E-state index in [4.69, 9.17) is 0 Å². The molecule has 0 spiro atoms. The first-order valence-corrected chi connectivity index (χ1v) is 5.92. The fourth-order valence-corrected chi connectivity index (χ4v) is 1.98. The SMILES string of the molecule is CC(c1ccc(F)cc1)N(C(=O)O)c1ccccc1. The molecule has 1 N–H and O–H groups in total. The Balaban J connectivity index is 2.35. The highest BCUT2D eigenvalue weighted by atomic mass is 19.1. The number of rotatable bonds is 3. The molecule has 2 aromatic rings. The Morgan fingerprint density at radius 1 is 1.11 bits per heavy atom. The van der Waals surface area contributed by atoms with E-state index in [-0.39, 0.29) is 11.9 Å². The highest BCUT2D eigenvalue weighted by Crippen LogP contribution is 2.26. The molecule has 0 radical (unpaired) electrons. The third-order valence-electron chi connectivity index (χ3n) is 2.98. The van der Waals surface area contributed by atoms with E-state index < -0.39 is 6.09 Å². The van der Waals surface area contributed by atoms with Crippen LogP contribution in [0, 0.1) is 5.82 Å². The topological polar surface area (TPSA) is 40.5 Å². The lowest BCUT2D eigenvalue weighted by Gasteiger charge is -2.26. The van der Waals surface area contributed by atoms with Gasteiger partial charge in [-0.25, -0.2) is 9.18 Å². The van der Waals surface area contributed by atoms with E-state index in [1.807, 2.05) is 6.07 Å². The maximum absolute atomic E-state index is 12.9. The first-order chi connectivity index (χ1) is 9.09. The van der Waals surface area contributed by atoms with Crippen molar-refractivity contribution in [1.29, 1.82) is 0 Å². The number of carbonyl (C=O) groups is 1. The lowest BCUT2D eigenvalue weighted by Crippen LogP contribution is -2.32. The average molecular weight is 259 g/mol. The summed E-state index contributed by atoms with van der Waals surface area (Å²) < 4.78 is 12.9. The number of nitrogens with zero attached hydrogens (tertiary/aromatic N) is 1. The predicted octanol–water partition coefficient (Wildman–Crippen LogP) is 4.07. The quantitative estimate of drug-likeness (QED) is 0.902. The van der Waals surface area contributed by atoms with E-state index in [0.29, 0.717) is 5.69 Å². The second kappa shape index (κ2) is 5.52. The fraction of sp³-hybridized carbons (Fsp3) is 0.133. The Bertz CT molecular complexity index is 554. The number of para-hydroxylation sites is 1. The Morgan fingerprint density at radius 3 is 2.21 bits per heavy atom. The third-order valence-corrected chi connectivity index (χ3v) is 2.98. The van der Waals surface area contributed by atoms with Gasteiger partial charge in [-0.2, -0.15) is 0 Å². The highest BCUT2D eigenvalue weighted by molar-refractivity contribution is 5.86. The van der Waals surface area contributed by atoms with Crippen LogP contribution in [0.4, 0.5) is 14.9 Å². The summed E-state index contributed by atoms with van der Waals surface area (Å²) >= 11 is 0. The van der Waals surface area contributed by atoms with Crippen LogP contribution in [0.5, 0.6) is 0 Å². The molecule has 0 aromatic heterocycles. The Morgan fingerprint density at radius 2 is 1.68 bits per heavy atom. The van der Waals surface area contributed by atoms with Crippen molar-refractivity contribution >= 4 is 11.8 Å². The van der Waals surface area contributed by atoms with Gasteiger partial charge >= 0.3 is 6.09 Å². The van der Waals surface area contributed by atoms with Crippen molar-refractivity contribution in [3.8, 4) is 0 Å². The summed E-state index contributed by atoms with van der Waals surface area (Å²) in [5.74, 6) is -0.336. The van der Waals surface area contributed by atoms with Crippen LogP contribution in [0.25, 0.3) is 0 Å². The fourth-order valence-electron chi connectivity index (χ4n) is 1.98. The minimum Gasteiger partial charge on any atom is -0.465 e. The molecule has 0 heterocycles. The summed E-state index contributed by atoms with van der Waals surface area (Å²) in [4.78, 5) is 12.7. The van der Waals surface area contributed by atoms with Crippen molar-refractivity contribution in [2.75, 3.05) is 4.90 Å². The zero-order chi connectivity index (χ0) is 13.8. The van der Waals surface area contributed by atoms with Crippen molar-refractivity contribution in [2.45, 2.75) is 13.0 Å². The highest BCUT2D eigenvalue weighted by Gasteiger charge is 2.22. The van der Waals surface area contributed by atoms with Gasteiger partial charge in [-0.1, -0.05) is 30.3 Å². The summed E-state index contributed by atoms with van der Waals surface area (Å²) in [6.07, 6.45) is -1.04. The molecule has 4 heteroatoms. The molecular weight excluding hydrogens is 245 g/mol. The van der Waals surface area contributed by atoms with Gasteiger partial charge in [-0.05, 0) is 36.8 Å². The summed E-state index contributed by atoms with van der Waals surface area (Å²) in [6.45, 7) is 1.77. The van der Waals surface area contributed by atoms with Crippen LogP contribution in [0.2, 0.25) is 0 Å². The first kappa shape index (κ1) is 13.1. The standard InChI is InChI=1S/C15H14FNO2/c1-11(12-7-9-13(16)10-8-12)17(15(18)19)14-5-3-2-4-6-14/h2-11H,1H3,(H,18,19). The summed E-state index contributed by atoms with van der Waals surface area (Å²) in [5, 5.41) is 9.36. The van der Waals surface area contributed by atoms with Crippen LogP contribution in [0.15, 0.2) is 54.6 Å². The second-order valence-electron chi connectivity index (χ2n) is 4.22. The molecule has 19 heavy (non-hydrogen) atoms. The van der Waals surface area contributed by atoms with Gasteiger partial charge in [0.05, 0.1) is 6.04 Å². The van der Waals surface area contributed by atoms with E-state index in [0.717, 1.165) is 5.56 Å². The maximum atomic E-state index is 12.9. The molecule has 1 unspecified atom stereocenters. The molecule has 0 aliphatic rings. The van der Waals surface area contributed by atoms with Gasteiger partial charge in [-0.3, -0.25) is 4.90 Å². The second-order valence-corrected chi connectivity index (χ2v) is 4.22. The maximum Gasteiger partial charge on any atom is 0.412 e. The predicted molar refractivity (Wildman–Crippen MR) is 71.8 cm³/mol. The van der Waals surface area contributed by atoms with Gasteiger partial charge < -0.3 is 5.11 Å². The van der Waals surface area contributed by atoms with E-state index in [1.165, 1.54) is 17.0 Å². The normalized spacial score (nSPS) is 11.9. The molecule has 0 aliphatic heterocycles. The van der Waals surface area contributed by atoms with Crippen LogP contribution in [0.3, 0.4) is 0 Å². The third kappa shape index (κ3) is 2.91. The number of carboxylic acid groups (broad SMARTS) is 1. The zero-order valence-electron chi connectivity index (χ0n) is 10.5. The van der Waals surface area contributed by atoms with Crippen LogP contribution in [-0.2, 0) is 0 Å². The van der Waals surface area contributed by atoms with Crippen molar-refractivity contribution in [1.82, 2.24) is 0 Å². The van der Waals surface area contributed by atoms with Gasteiger partial charge in [-0.15, -0.1) is 0 Å². The zero-order valence-corrected chi connectivity index (χ0v) is 10.5.